The van der Waals surface area contributed by atoms with Crippen LogP contribution in [0.4, 0.5) is 8.78 Å². The first-order chi connectivity index (χ1) is 16.8. The van der Waals surface area contributed by atoms with Crippen molar-refractivity contribution in [1.82, 2.24) is 15.2 Å². The Balaban J connectivity index is 1.84. The number of carbonyl (C=O) groups is 2. The molecule has 2 amide bonds. The van der Waals surface area contributed by atoms with Gasteiger partial charge in [-0.3, -0.25) is 14.4 Å². The minimum atomic E-state index is -0.818. The van der Waals surface area contributed by atoms with Crippen LogP contribution in [0.5, 0.6) is 0 Å². The Morgan fingerprint density at radius 1 is 1.03 bits per heavy atom. The highest BCUT2D eigenvalue weighted by atomic mass is 19.1. The van der Waals surface area contributed by atoms with Crippen molar-refractivity contribution >= 4 is 11.8 Å². The van der Waals surface area contributed by atoms with Gasteiger partial charge in [-0.1, -0.05) is 38.2 Å². The summed E-state index contributed by atoms with van der Waals surface area (Å²) < 4.78 is 35.0. The van der Waals surface area contributed by atoms with Gasteiger partial charge in [0.1, 0.15) is 22.8 Å². The highest BCUT2D eigenvalue weighted by Crippen LogP contribution is 2.18. The zero-order valence-corrected chi connectivity index (χ0v) is 20.3. The van der Waals surface area contributed by atoms with Crippen LogP contribution in [-0.4, -0.2) is 36.1 Å². The molecule has 9 heteroatoms. The SMILES string of the molecule is COCCn1cc(C(=O)NCc2c(F)ccc(C)c2F)c(=O)c(C(=O)NC2CCCCCCC2)c1. The van der Waals surface area contributed by atoms with Crippen molar-refractivity contribution in [3.8, 4) is 0 Å². The second-order valence-electron chi connectivity index (χ2n) is 9.00. The number of ether oxygens (including phenoxy) is 1. The molecule has 0 atom stereocenters. The van der Waals surface area contributed by atoms with Gasteiger partial charge in [0, 0.05) is 44.2 Å². The number of carbonyl (C=O) groups excluding carboxylic acids is 2. The number of aryl methyl sites for hydroxylation is 1. The summed E-state index contributed by atoms with van der Waals surface area (Å²) in [6.07, 6.45) is 9.88. The topological polar surface area (TPSA) is 89.4 Å². The maximum atomic E-state index is 14.3. The molecule has 1 aliphatic carbocycles. The van der Waals surface area contributed by atoms with Gasteiger partial charge in [-0.05, 0) is 31.4 Å². The van der Waals surface area contributed by atoms with Crippen LogP contribution in [0.3, 0.4) is 0 Å². The molecular weight excluding hydrogens is 456 g/mol. The molecule has 0 bridgehead atoms. The maximum absolute atomic E-state index is 14.3. The summed E-state index contributed by atoms with van der Waals surface area (Å²) in [5.41, 5.74) is -1.21. The van der Waals surface area contributed by atoms with Crippen molar-refractivity contribution in [2.75, 3.05) is 13.7 Å². The normalized spacial score (nSPS) is 14.7. The molecule has 3 rings (SSSR count). The van der Waals surface area contributed by atoms with Crippen LogP contribution >= 0.6 is 0 Å². The summed E-state index contributed by atoms with van der Waals surface area (Å²) in [6, 6.07) is 2.40. The minimum Gasteiger partial charge on any atom is -0.383 e. The number of amides is 2. The lowest BCUT2D eigenvalue weighted by Crippen LogP contribution is -2.40. The van der Waals surface area contributed by atoms with E-state index in [2.05, 4.69) is 10.6 Å². The fourth-order valence-corrected chi connectivity index (χ4v) is 4.28. The zero-order chi connectivity index (χ0) is 25.4. The van der Waals surface area contributed by atoms with Gasteiger partial charge >= 0.3 is 0 Å². The molecule has 2 N–H and O–H groups in total. The van der Waals surface area contributed by atoms with Gasteiger partial charge in [-0.25, -0.2) is 8.78 Å². The number of hydrogen-bond acceptors (Lipinski definition) is 4. The van der Waals surface area contributed by atoms with Crippen molar-refractivity contribution in [3.05, 3.63) is 68.6 Å². The third kappa shape index (κ3) is 6.97. The number of pyridine rings is 1. The van der Waals surface area contributed by atoms with E-state index in [0.717, 1.165) is 44.6 Å². The van der Waals surface area contributed by atoms with Crippen molar-refractivity contribution in [2.45, 2.75) is 71.0 Å². The summed E-state index contributed by atoms with van der Waals surface area (Å²) in [5, 5.41) is 5.37. The monoisotopic (exact) mass is 489 g/mol. The summed E-state index contributed by atoms with van der Waals surface area (Å²) >= 11 is 0. The average Bonchev–Trinajstić information content (AvgIpc) is 2.82. The lowest BCUT2D eigenvalue weighted by atomic mass is 9.96. The van der Waals surface area contributed by atoms with E-state index in [1.165, 1.54) is 38.9 Å². The fourth-order valence-electron chi connectivity index (χ4n) is 4.28. The summed E-state index contributed by atoms with van der Waals surface area (Å²) in [7, 11) is 1.52. The lowest BCUT2D eigenvalue weighted by molar-refractivity contribution is 0.0928. The Kier molecular flexibility index (Phi) is 9.54. The largest absolute Gasteiger partial charge is 0.383 e. The molecular formula is C26H33F2N3O4. The Bertz CT molecular complexity index is 1110. The van der Waals surface area contributed by atoms with Crippen molar-refractivity contribution in [3.63, 3.8) is 0 Å². The second kappa shape index (κ2) is 12.6. The molecule has 0 aliphatic heterocycles. The number of halogens is 2. The average molecular weight is 490 g/mol. The third-order valence-electron chi connectivity index (χ3n) is 6.37. The van der Waals surface area contributed by atoms with Crippen molar-refractivity contribution in [1.29, 1.82) is 0 Å². The van der Waals surface area contributed by atoms with E-state index in [4.69, 9.17) is 4.74 Å². The standard InChI is InChI=1S/C26H33F2N3O4/c1-17-10-11-22(27)19(23(17)28)14-29-25(33)20-15-31(12-13-35-2)16-21(24(20)32)26(34)30-18-8-6-4-3-5-7-9-18/h10-11,15-16,18H,3-9,12-14H2,1-2H3,(H,29,33)(H,30,34). The fraction of sp³-hybridized carbons (Fsp3) is 0.500. The van der Waals surface area contributed by atoms with Gasteiger partial charge in [0.2, 0.25) is 5.43 Å². The van der Waals surface area contributed by atoms with Crippen molar-refractivity contribution < 1.29 is 23.1 Å². The van der Waals surface area contributed by atoms with E-state index in [9.17, 15) is 23.2 Å². The Hall–Kier alpha value is -3.07. The van der Waals surface area contributed by atoms with E-state index in [-0.39, 0.29) is 28.3 Å². The molecule has 0 spiro atoms. The van der Waals surface area contributed by atoms with Gasteiger partial charge in [-0.2, -0.15) is 0 Å². The highest BCUT2D eigenvalue weighted by Gasteiger charge is 2.22. The van der Waals surface area contributed by atoms with Crippen LogP contribution in [0.15, 0.2) is 29.3 Å². The number of aromatic nitrogens is 1. The number of methoxy groups -OCH3 is 1. The smallest absolute Gasteiger partial charge is 0.257 e. The van der Waals surface area contributed by atoms with E-state index >= 15 is 0 Å². The zero-order valence-electron chi connectivity index (χ0n) is 20.3. The molecule has 1 saturated carbocycles. The first-order valence-electron chi connectivity index (χ1n) is 12.1. The molecule has 1 fully saturated rings. The Morgan fingerprint density at radius 3 is 2.31 bits per heavy atom. The first-order valence-corrected chi connectivity index (χ1v) is 12.1. The van der Waals surface area contributed by atoms with Crippen LogP contribution in [0.25, 0.3) is 0 Å². The predicted molar refractivity (Wildman–Crippen MR) is 128 cm³/mol. The third-order valence-corrected chi connectivity index (χ3v) is 6.37. The molecule has 1 aromatic heterocycles. The number of nitrogens with zero attached hydrogens (tertiary/aromatic N) is 1. The summed E-state index contributed by atoms with van der Waals surface area (Å²) in [4.78, 5) is 39.1. The number of benzene rings is 1. The second-order valence-corrected chi connectivity index (χ2v) is 9.00. The molecule has 190 valence electrons. The number of hydrogen-bond donors (Lipinski definition) is 2. The van der Waals surface area contributed by atoms with Gasteiger partial charge in [0.15, 0.2) is 0 Å². The van der Waals surface area contributed by atoms with Gasteiger partial charge < -0.3 is 19.9 Å². The molecule has 1 aromatic carbocycles. The molecule has 0 radical (unpaired) electrons. The quantitative estimate of drug-likeness (QED) is 0.590. The molecule has 35 heavy (non-hydrogen) atoms. The van der Waals surface area contributed by atoms with E-state index in [1.807, 2.05) is 0 Å². The van der Waals surface area contributed by atoms with E-state index in [0.29, 0.717) is 13.2 Å². The van der Waals surface area contributed by atoms with Crippen LogP contribution in [-0.2, 0) is 17.8 Å². The van der Waals surface area contributed by atoms with Crippen molar-refractivity contribution in [2.24, 2.45) is 0 Å². The summed E-state index contributed by atoms with van der Waals surface area (Å²) in [5.74, 6) is -2.90. The van der Waals surface area contributed by atoms with E-state index in [1.54, 1.807) is 4.57 Å². The highest BCUT2D eigenvalue weighted by molar-refractivity contribution is 5.99. The Morgan fingerprint density at radius 2 is 1.66 bits per heavy atom. The van der Waals surface area contributed by atoms with Gasteiger partial charge in [-0.15, -0.1) is 0 Å². The molecule has 2 aromatic rings. The summed E-state index contributed by atoms with van der Waals surface area (Å²) in [6.45, 7) is 1.66. The van der Waals surface area contributed by atoms with Crippen LogP contribution in [0.1, 0.15) is 76.8 Å². The van der Waals surface area contributed by atoms with Crippen LogP contribution < -0.4 is 16.1 Å². The molecule has 1 aliphatic rings. The maximum Gasteiger partial charge on any atom is 0.257 e. The number of nitrogens with one attached hydrogen (secondary N) is 2. The first kappa shape index (κ1) is 26.5. The molecule has 1 heterocycles. The van der Waals surface area contributed by atoms with E-state index < -0.39 is 35.4 Å². The molecule has 0 unspecified atom stereocenters. The van der Waals surface area contributed by atoms with Crippen LogP contribution in [0, 0.1) is 18.6 Å². The molecule has 7 nitrogen and oxygen atoms in total. The number of rotatable bonds is 8. The predicted octanol–water partition coefficient (Wildman–Crippen LogP) is 3.85. The van der Waals surface area contributed by atoms with Gasteiger partial charge in [0.25, 0.3) is 11.8 Å². The molecule has 0 saturated heterocycles. The van der Waals surface area contributed by atoms with Gasteiger partial charge in [0.05, 0.1) is 6.61 Å². The Labute approximate surface area is 203 Å². The minimum absolute atomic E-state index is 0.0284. The van der Waals surface area contributed by atoms with Crippen LogP contribution in [0.2, 0.25) is 0 Å². The lowest BCUT2D eigenvalue weighted by Gasteiger charge is -2.21.